The van der Waals surface area contributed by atoms with Crippen LogP contribution in [0.2, 0.25) is 0 Å². The first kappa shape index (κ1) is 10.3. The summed E-state index contributed by atoms with van der Waals surface area (Å²) in [6.07, 6.45) is 0. The highest BCUT2D eigenvalue weighted by Crippen LogP contribution is 2.30. The van der Waals surface area contributed by atoms with E-state index in [1.165, 1.54) is 19.2 Å². The second-order valence-electron chi connectivity index (χ2n) is 3.03. The van der Waals surface area contributed by atoms with E-state index in [0.29, 0.717) is 0 Å². The Kier molecular flexibility index (Phi) is 3.34. The van der Waals surface area contributed by atoms with Gasteiger partial charge in [-0.3, -0.25) is 0 Å². The summed E-state index contributed by atoms with van der Waals surface area (Å²) in [4.78, 5) is 1.40. The van der Waals surface area contributed by atoms with Crippen molar-refractivity contribution in [2.24, 2.45) is 0 Å². The first-order valence-corrected chi connectivity index (χ1v) is 6.69. The molecule has 0 aromatic heterocycles. The molecular weight excluding hydrogens is 303 g/mol. The molecule has 72 valence electrons. The SMILES string of the molecule is CCSc1cccc2cccc(I)c12. The van der Waals surface area contributed by atoms with Gasteiger partial charge in [0.15, 0.2) is 0 Å². The van der Waals surface area contributed by atoms with Crippen molar-refractivity contribution in [3.05, 3.63) is 40.0 Å². The van der Waals surface area contributed by atoms with Crippen LogP contribution in [-0.2, 0) is 0 Å². The van der Waals surface area contributed by atoms with Gasteiger partial charge in [-0.2, -0.15) is 0 Å². The van der Waals surface area contributed by atoms with Crippen LogP contribution >= 0.6 is 34.4 Å². The first-order chi connectivity index (χ1) is 6.83. The third kappa shape index (κ3) is 1.91. The Morgan fingerprint density at radius 2 is 1.86 bits per heavy atom. The van der Waals surface area contributed by atoms with Crippen LogP contribution in [0, 0.1) is 3.57 Å². The predicted octanol–water partition coefficient (Wildman–Crippen LogP) is 4.56. The van der Waals surface area contributed by atoms with E-state index in [1.807, 2.05) is 11.8 Å². The fraction of sp³-hybridized carbons (Fsp3) is 0.167. The molecule has 0 aliphatic carbocycles. The minimum atomic E-state index is 1.13. The minimum Gasteiger partial charge on any atom is -0.126 e. The molecule has 0 atom stereocenters. The standard InChI is InChI=1S/C12H11IS/c1-2-14-11-8-4-6-9-5-3-7-10(13)12(9)11/h3-8H,2H2,1H3. The van der Waals surface area contributed by atoms with Crippen molar-refractivity contribution in [3.63, 3.8) is 0 Å². The third-order valence-corrected chi connectivity index (χ3v) is 3.95. The normalized spacial score (nSPS) is 10.7. The number of hydrogen-bond donors (Lipinski definition) is 0. The summed E-state index contributed by atoms with van der Waals surface area (Å²) < 4.78 is 1.34. The predicted molar refractivity (Wildman–Crippen MR) is 73.1 cm³/mol. The van der Waals surface area contributed by atoms with Gasteiger partial charge in [0, 0.05) is 13.9 Å². The van der Waals surface area contributed by atoms with E-state index < -0.39 is 0 Å². The van der Waals surface area contributed by atoms with Gasteiger partial charge in [0.05, 0.1) is 0 Å². The van der Waals surface area contributed by atoms with Gasteiger partial charge >= 0.3 is 0 Å². The summed E-state index contributed by atoms with van der Waals surface area (Å²) in [6, 6.07) is 13.0. The number of benzene rings is 2. The Labute approximate surface area is 102 Å². The zero-order chi connectivity index (χ0) is 9.97. The van der Waals surface area contributed by atoms with Crippen LogP contribution in [0.4, 0.5) is 0 Å². The Bertz CT molecular complexity index is 446. The molecule has 0 bridgehead atoms. The van der Waals surface area contributed by atoms with Crippen molar-refractivity contribution in [2.75, 3.05) is 5.75 Å². The highest BCUT2D eigenvalue weighted by Gasteiger charge is 2.03. The lowest BCUT2D eigenvalue weighted by atomic mass is 10.1. The highest BCUT2D eigenvalue weighted by molar-refractivity contribution is 14.1. The molecule has 14 heavy (non-hydrogen) atoms. The summed E-state index contributed by atoms with van der Waals surface area (Å²) in [5.41, 5.74) is 0. The average molecular weight is 314 g/mol. The van der Waals surface area contributed by atoms with Crippen molar-refractivity contribution in [3.8, 4) is 0 Å². The van der Waals surface area contributed by atoms with E-state index in [2.05, 4.69) is 65.9 Å². The highest BCUT2D eigenvalue weighted by atomic mass is 127. The zero-order valence-electron chi connectivity index (χ0n) is 7.96. The molecule has 0 N–H and O–H groups in total. The van der Waals surface area contributed by atoms with Crippen LogP contribution in [0.5, 0.6) is 0 Å². The number of fused-ring (bicyclic) bond motifs is 1. The van der Waals surface area contributed by atoms with Gasteiger partial charge < -0.3 is 0 Å². The zero-order valence-corrected chi connectivity index (χ0v) is 10.9. The van der Waals surface area contributed by atoms with E-state index in [-0.39, 0.29) is 0 Å². The fourth-order valence-corrected chi connectivity index (χ4v) is 3.39. The molecule has 0 unspecified atom stereocenters. The van der Waals surface area contributed by atoms with E-state index in [1.54, 1.807) is 0 Å². The molecule has 0 nitrogen and oxygen atoms in total. The molecule has 0 spiro atoms. The molecule has 2 heteroatoms. The number of halogens is 1. The van der Waals surface area contributed by atoms with E-state index in [0.717, 1.165) is 5.75 Å². The third-order valence-electron chi connectivity index (χ3n) is 2.12. The molecule has 0 fully saturated rings. The molecule has 0 radical (unpaired) electrons. The van der Waals surface area contributed by atoms with Gasteiger partial charge in [0.2, 0.25) is 0 Å². The second kappa shape index (κ2) is 4.53. The van der Waals surface area contributed by atoms with Gasteiger partial charge in [0.25, 0.3) is 0 Å². The Morgan fingerprint density at radius 3 is 2.57 bits per heavy atom. The van der Waals surface area contributed by atoms with Crippen molar-refractivity contribution >= 4 is 45.1 Å². The Hall–Kier alpha value is -0.220. The molecule has 0 amide bonds. The van der Waals surface area contributed by atoms with Crippen LogP contribution in [0.1, 0.15) is 6.92 Å². The summed E-state index contributed by atoms with van der Waals surface area (Å²) in [7, 11) is 0. The maximum Gasteiger partial charge on any atom is 0.0220 e. The van der Waals surface area contributed by atoms with Gasteiger partial charge in [-0.05, 0) is 45.9 Å². The van der Waals surface area contributed by atoms with Crippen LogP contribution < -0.4 is 0 Å². The van der Waals surface area contributed by atoms with Crippen molar-refractivity contribution in [1.29, 1.82) is 0 Å². The average Bonchev–Trinajstić information content (AvgIpc) is 2.19. The molecule has 0 aliphatic rings. The summed E-state index contributed by atoms with van der Waals surface area (Å²) in [6.45, 7) is 2.19. The first-order valence-electron chi connectivity index (χ1n) is 4.63. The number of hydrogen-bond acceptors (Lipinski definition) is 1. The minimum absolute atomic E-state index is 1.13. The summed E-state index contributed by atoms with van der Waals surface area (Å²) in [5.74, 6) is 1.13. The van der Waals surface area contributed by atoms with E-state index in [4.69, 9.17) is 0 Å². The van der Waals surface area contributed by atoms with Gasteiger partial charge in [-0.15, -0.1) is 11.8 Å². The molecule has 2 rings (SSSR count). The van der Waals surface area contributed by atoms with Crippen LogP contribution in [0.15, 0.2) is 41.3 Å². The summed E-state index contributed by atoms with van der Waals surface area (Å²) in [5, 5.41) is 2.75. The van der Waals surface area contributed by atoms with E-state index in [9.17, 15) is 0 Å². The molecule has 2 aromatic rings. The van der Waals surface area contributed by atoms with Crippen molar-refractivity contribution in [1.82, 2.24) is 0 Å². The molecule has 2 aromatic carbocycles. The Morgan fingerprint density at radius 1 is 1.14 bits per heavy atom. The maximum absolute atomic E-state index is 2.41. The molecule has 0 saturated carbocycles. The maximum atomic E-state index is 2.41. The Balaban J connectivity index is 2.71. The van der Waals surface area contributed by atoms with Crippen molar-refractivity contribution < 1.29 is 0 Å². The van der Waals surface area contributed by atoms with E-state index >= 15 is 0 Å². The van der Waals surface area contributed by atoms with Crippen molar-refractivity contribution in [2.45, 2.75) is 11.8 Å². The largest absolute Gasteiger partial charge is 0.126 e. The lowest BCUT2D eigenvalue weighted by Gasteiger charge is -2.06. The molecule has 0 saturated heterocycles. The van der Waals surface area contributed by atoms with Crippen LogP contribution in [0.25, 0.3) is 10.8 Å². The smallest absolute Gasteiger partial charge is 0.0220 e. The van der Waals surface area contributed by atoms with Gasteiger partial charge in [0.1, 0.15) is 0 Å². The lowest BCUT2D eigenvalue weighted by molar-refractivity contribution is 1.47. The number of rotatable bonds is 2. The fourth-order valence-electron chi connectivity index (χ4n) is 1.54. The monoisotopic (exact) mass is 314 g/mol. The van der Waals surface area contributed by atoms with Gasteiger partial charge in [-0.25, -0.2) is 0 Å². The number of thioether (sulfide) groups is 1. The topological polar surface area (TPSA) is 0 Å². The lowest BCUT2D eigenvalue weighted by Crippen LogP contribution is -1.81. The molecule has 0 heterocycles. The second-order valence-corrected chi connectivity index (χ2v) is 5.50. The molecule has 0 aliphatic heterocycles. The molecular formula is C12H11IS. The van der Waals surface area contributed by atoms with Crippen LogP contribution in [-0.4, -0.2) is 5.75 Å². The summed E-state index contributed by atoms with van der Waals surface area (Å²) >= 11 is 4.32. The van der Waals surface area contributed by atoms with Crippen LogP contribution in [0.3, 0.4) is 0 Å². The quantitative estimate of drug-likeness (QED) is 0.578. The van der Waals surface area contributed by atoms with Gasteiger partial charge in [-0.1, -0.05) is 31.2 Å².